The molecule has 3 atom stereocenters. The van der Waals surface area contributed by atoms with Crippen LogP contribution in [0.5, 0.6) is 5.75 Å². The zero-order valence-electron chi connectivity index (χ0n) is 20.5. The van der Waals surface area contributed by atoms with Gasteiger partial charge in [-0.3, -0.25) is 4.79 Å². The van der Waals surface area contributed by atoms with Crippen LogP contribution in [0.1, 0.15) is 49.5 Å². The average Bonchev–Trinajstić information content (AvgIpc) is 2.87. The Morgan fingerprint density at radius 1 is 1.05 bits per heavy atom. The fourth-order valence-electron chi connectivity index (χ4n) is 4.83. The van der Waals surface area contributed by atoms with E-state index in [2.05, 4.69) is 5.32 Å². The second-order valence-electron chi connectivity index (χ2n) is 9.43. The number of carbonyl (C=O) groups is 2. The van der Waals surface area contributed by atoms with Crippen molar-refractivity contribution in [1.29, 1.82) is 0 Å². The summed E-state index contributed by atoms with van der Waals surface area (Å²) in [5.41, 5.74) is 2.52. The minimum Gasteiger partial charge on any atom is -0.481 e. The maximum Gasteiger partial charge on any atom is 0.341 e. The summed E-state index contributed by atoms with van der Waals surface area (Å²) in [6, 6.07) is 22.6. The van der Waals surface area contributed by atoms with Crippen LogP contribution in [0.4, 0.5) is 0 Å². The first kappa shape index (κ1) is 26.7. The second kappa shape index (κ2) is 11.8. The highest BCUT2D eigenvalue weighted by atomic mass is 35.5. The van der Waals surface area contributed by atoms with Gasteiger partial charge >= 0.3 is 5.97 Å². The van der Waals surface area contributed by atoms with Gasteiger partial charge in [-0.15, -0.1) is 0 Å². The molecule has 0 bridgehead atoms. The van der Waals surface area contributed by atoms with Gasteiger partial charge in [0.05, 0.1) is 18.8 Å². The van der Waals surface area contributed by atoms with Crippen LogP contribution in [0.2, 0.25) is 5.02 Å². The Morgan fingerprint density at radius 2 is 1.78 bits per heavy atom. The lowest BCUT2D eigenvalue weighted by Gasteiger charge is -2.43. The molecule has 0 aliphatic carbocycles. The molecule has 37 heavy (non-hydrogen) atoms. The van der Waals surface area contributed by atoms with Crippen LogP contribution in [0.25, 0.3) is 11.1 Å². The lowest BCUT2D eigenvalue weighted by molar-refractivity contribution is -0.139. The van der Waals surface area contributed by atoms with E-state index in [1.165, 1.54) is 0 Å². The van der Waals surface area contributed by atoms with Crippen molar-refractivity contribution in [3.8, 4) is 16.9 Å². The number of ether oxygens (including phenoxy) is 2. The molecule has 3 aromatic carbocycles. The molecule has 0 radical (unpaired) electrons. The van der Waals surface area contributed by atoms with Crippen molar-refractivity contribution < 1.29 is 29.3 Å². The van der Waals surface area contributed by atoms with Crippen LogP contribution in [0.15, 0.2) is 72.8 Å². The van der Waals surface area contributed by atoms with Gasteiger partial charge in [-0.1, -0.05) is 72.3 Å². The monoisotopic (exact) mass is 523 g/mol. The normalized spacial score (nSPS) is 21.3. The average molecular weight is 524 g/mol. The minimum atomic E-state index is -1.09. The molecule has 4 rings (SSSR count). The first-order valence-corrected chi connectivity index (χ1v) is 12.5. The van der Waals surface area contributed by atoms with Crippen molar-refractivity contribution in [3.63, 3.8) is 0 Å². The number of para-hydroxylation sites is 1. The van der Waals surface area contributed by atoms with Crippen molar-refractivity contribution in [2.45, 2.75) is 43.9 Å². The molecule has 0 saturated carbocycles. The van der Waals surface area contributed by atoms with E-state index < -0.39 is 30.3 Å². The maximum absolute atomic E-state index is 12.5. The summed E-state index contributed by atoms with van der Waals surface area (Å²) >= 11 is 6.27. The fraction of sp³-hybridized carbons (Fsp3) is 0.310. The summed E-state index contributed by atoms with van der Waals surface area (Å²) in [6.07, 6.45) is -0.0123. The molecule has 0 unspecified atom stereocenters. The molecule has 3 aromatic rings. The first-order chi connectivity index (χ1) is 17.8. The third kappa shape index (κ3) is 6.68. The number of carboxylic acid groups (broad SMARTS) is 1. The number of nitrogens with one attached hydrogen (secondary N) is 1. The number of aliphatic carboxylic acids is 1. The molecule has 0 spiro atoms. The Kier molecular flexibility index (Phi) is 8.48. The van der Waals surface area contributed by atoms with Gasteiger partial charge in [0.25, 0.3) is 0 Å². The van der Waals surface area contributed by atoms with Gasteiger partial charge in [0.2, 0.25) is 5.91 Å². The van der Waals surface area contributed by atoms with Gasteiger partial charge in [-0.25, -0.2) is 4.79 Å². The smallest absolute Gasteiger partial charge is 0.341 e. The highest BCUT2D eigenvalue weighted by Gasteiger charge is 2.41. The van der Waals surface area contributed by atoms with Crippen molar-refractivity contribution in [2.75, 3.05) is 13.2 Å². The number of rotatable bonds is 9. The third-order valence-electron chi connectivity index (χ3n) is 6.42. The lowest BCUT2D eigenvalue weighted by atomic mass is 9.80. The van der Waals surface area contributed by atoms with E-state index in [1.54, 1.807) is 6.07 Å². The quantitative estimate of drug-likeness (QED) is 0.350. The third-order valence-corrected chi connectivity index (χ3v) is 6.65. The van der Waals surface area contributed by atoms with Crippen molar-refractivity contribution >= 4 is 23.5 Å². The molecule has 194 valence electrons. The van der Waals surface area contributed by atoms with E-state index in [1.807, 2.05) is 73.7 Å². The van der Waals surface area contributed by atoms with Crippen LogP contribution in [-0.2, 0) is 14.3 Å². The molecular weight excluding hydrogens is 494 g/mol. The zero-order valence-corrected chi connectivity index (χ0v) is 21.3. The maximum atomic E-state index is 12.5. The molecule has 1 heterocycles. The van der Waals surface area contributed by atoms with Crippen LogP contribution in [-0.4, -0.2) is 40.8 Å². The number of aliphatic hydroxyl groups excluding tert-OH is 1. The molecule has 8 heteroatoms. The Balaban J connectivity index is 1.78. The predicted octanol–water partition coefficient (Wildman–Crippen LogP) is 5.32. The predicted molar refractivity (Wildman–Crippen MR) is 141 cm³/mol. The summed E-state index contributed by atoms with van der Waals surface area (Å²) in [6.45, 7) is 1.20. The van der Waals surface area contributed by atoms with Gasteiger partial charge in [0, 0.05) is 41.0 Å². The van der Waals surface area contributed by atoms with E-state index in [-0.39, 0.29) is 18.9 Å². The Bertz CT molecular complexity index is 1250. The lowest BCUT2D eigenvalue weighted by Crippen LogP contribution is -2.51. The Labute approximate surface area is 221 Å². The van der Waals surface area contributed by atoms with E-state index in [9.17, 15) is 19.8 Å². The van der Waals surface area contributed by atoms with Gasteiger partial charge in [0.1, 0.15) is 5.75 Å². The van der Waals surface area contributed by atoms with Crippen molar-refractivity contribution in [2.24, 2.45) is 0 Å². The number of aliphatic hydroxyl groups is 1. The Morgan fingerprint density at radius 3 is 2.49 bits per heavy atom. The first-order valence-electron chi connectivity index (χ1n) is 12.1. The summed E-state index contributed by atoms with van der Waals surface area (Å²) in [5.74, 6) is -0.913. The molecule has 1 saturated heterocycles. The molecule has 1 aliphatic rings. The highest BCUT2D eigenvalue weighted by Crippen LogP contribution is 2.48. The topological polar surface area (TPSA) is 105 Å². The van der Waals surface area contributed by atoms with Crippen LogP contribution in [0.3, 0.4) is 0 Å². The van der Waals surface area contributed by atoms with Crippen molar-refractivity contribution in [3.05, 3.63) is 88.9 Å². The second-order valence-corrected chi connectivity index (χ2v) is 9.87. The number of amides is 1. The molecule has 0 aromatic heterocycles. The molecule has 1 fully saturated rings. The van der Waals surface area contributed by atoms with E-state index in [4.69, 9.17) is 21.1 Å². The minimum absolute atomic E-state index is 0.000585. The number of halogens is 1. The number of hydrogen-bond donors (Lipinski definition) is 3. The number of carbonyl (C=O) groups excluding carboxylic acids is 1. The molecule has 1 amide bonds. The van der Waals surface area contributed by atoms with Crippen LogP contribution >= 0.6 is 11.6 Å². The molecule has 3 N–H and O–H groups in total. The summed E-state index contributed by atoms with van der Waals surface area (Å²) < 4.78 is 12.5. The summed E-state index contributed by atoms with van der Waals surface area (Å²) in [7, 11) is 0. The molecular formula is C29H30ClNO6. The van der Waals surface area contributed by atoms with Crippen LogP contribution in [0, 0.1) is 0 Å². The van der Waals surface area contributed by atoms with Gasteiger partial charge in [0.15, 0.2) is 6.61 Å². The SMILES string of the molecule is C[C@]1(NC(=O)CCO)C[C@@H](c2cccc(Cl)c2)O[C@@H](c2cccc(-c3ccccc3)c2OCC(=O)O)C1. The molecule has 1 aliphatic heterocycles. The fourth-order valence-corrected chi connectivity index (χ4v) is 5.03. The van der Waals surface area contributed by atoms with E-state index >= 15 is 0 Å². The Hall–Kier alpha value is -3.39. The summed E-state index contributed by atoms with van der Waals surface area (Å²) in [4.78, 5) is 23.9. The molecule has 7 nitrogen and oxygen atoms in total. The van der Waals surface area contributed by atoms with Gasteiger partial charge < -0.3 is 25.0 Å². The van der Waals surface area contributed by atoms with Crippen molar-refractivity contribution in [1.82, 2.24) is 5.32 Å². The highest BCUT2D eigenvalue weighted by molar-refractivity contribution is 6.30. The van der Waals surface area contributed by atoms with E-state index in [0.29, 0.717) is 29.2 Å². The number of carboxylic acids is 1. The standard InChI is InChI=1S/C29H30ClNO6/c1-29(31-26(33)13-14-32)16-24(20-9-5-10-21(30)15-20)37-25(17-29)23-12-6-11-22(19-7-3-2-4-8-19)28(23)36-18-27(34)35/h2-12,15,24-25,32H,13-14,16-18H2,1H3,(H,31,33)(H,34,35)/t24-,25+,29-/m0/s1. The zero-order chi connectivity index (χ0) is 26.4. The van der Waals surface area contributed by atoms with Gasteiger partial charge in [-0.2, -0.15) is 0 Å². The number of benzene rings is 3. The van der Waals surface area contributed by atoms with E-state index in [0.717, 1.165) is 16.7 Å². The van der Waals surface area contributed by atoms with Gasteiger partial charge in [-0.05, 0) is 30.2 Å². The van der Waals surface area contributed by atoms with Crippen LogP contribution < -0.4 is 10.1 Å². The number of hydrogen-bond acceptors (Lipinski definition) is 5. The summed E-state index contributed by atoms with van der Waals surface area (Å²) in [5, 5.41) is 22.3. The largest absolute Gasteiger partial charge is 0.481 e.